The molecular formula is C29H71N. The van der Waals surface area contributed by atoms with Gasteiger partial charge in [0.2, 0.25) is 0 Å². The van der Waals surface area contributed by atoms with E-state index in [1.165, 1.54) is 71.3 Å². The first-order valence-electron chi connectivity index (χ1n) is 13.8. The number of rotatable bonds is 11. The van der Waals surface area contributed by atoms with E-state index in [2.05, 4.69) is 75.0 Å². The normalized spacial score (nSPS) is 9.20. The summed E-state index contributed by atoms with van der Waals surface area (Å²) in [5.74, 6) is 3.62. The van der Waals surface area contributed by atoms with E-state index in [9.17, 15) is 0 Å². The highest BCUT2D eigenvalue weighted by molar-refractivity contribution is 4.49. The molecule has 0 aliphatic carbocycles. The van der Waals surface area contributed by atoms with Gasteiger partial charge in [-0.05, 0) is 30.7 Å². The van der Waals surface area contributed by atoms with Gasteiger partial charge in [0.1, 0.15) is 0 Å². The maximum atomic E-state index is 4.50. The van der Waals surface area contributed by atoms with Crippen LogP contribution in [-0.2, 0) is 0 Å². The van der Waals surface area contributed by atoms with E-state index in [1.54, 1.807) is 0 Å². The van der Waals surface area contributed by atoms with E-state index >= 15 is 0 Å². The van der Waals surface area contributed by atoms with Crippen LogP contribution >= 0.6 is 0 Å². The molecular weight excluding hydrogens is 362 g/mol. The second kappa shape index (κ2) is 46.9. The molecule has 0 heterocycles. The standard InChI is InChI=1S/2C9H20.C6H14.2C2H6.CH5N/c1-8(2)6-5-7-9(3)4;1-4-5-6-7-8-9(2)3;1-4-6(3)5-2;3*1-2/h8-9H,5-7H2,1-4H3;9H,4-8H2,1-3H3;6H,4-5H2,1-3H3;2*1-2H3;2H2,1H3. The van der Waals surface area contributed by atoms with Crippen LogP contribution in [0, 0.1) is 23.7 Å². The van der Waals surface area contributed by atoms with Crippen LogP contribution in [0.2, 0.25) is 0 Å². The molecule has 0 rings (SSSR count). The van der Waals surface area contributed by atoms with Gasteiger partial charge in [0.15, 0.2) is 0 Å². The van der Waals surface area contributed by atoms with Crippen molar-refractivity contribution in [2.45, 2.75) is 161 Å². The molecule has 1 nitrogen and oxygen atoms in total. The van der Waals surface area contributed by atoms with Gasteiger partial charge in [-0.2, -0.15) is 0 Å². The van der Waals surface area contributed by atoms with Crippen LogP contribution in [0.4, 0.5) is 0 Å². The maximum absolute atomic E-state index is 4.50. The zero-order valence-corrected chi connectivity index (χ0v) is 25.0. The zero-order valence-electron chi connectivity index (χ0n) is 25.0. The molecule has 0 saturated carbocycles. The van der Waals surface area contributed by atoms with Crippen molar-refractivity contribution in [3.05, 3.63) is 0 Å². The molecule has 0 unspecified atom stereocenters. The van der Waals surface area contributed by atoms with E-state index < -0.39 is 0 Å². The summed E-state index contributed by atoms with van der Waals surface area (Å²) in [4.78, 5) is 0. The van der Waals surface area contributed by atoms with Crippen molar-refractivity contribution >= 4 is 0 Å². The van der Waals surface area contributed by atoms with Crippen LogP contribution in [0.1, 0.15) is 161 Å². The van der Waals surface area contributed by atoms with Gasteiger partial charge in [-0.25, -0.2) is 0 Å². The summed E-state index contributed by atoms with van der Waals surface area (Å²) in [7, 11) is 1.50. The number of nitrogens with two attached hydrogens (primary N) is 1. The van der Waals surface area contributed by atoms with Crippen molar-refractivity contribution in [3.63, 3.8) is 0 Å². The number of hydrogen-bond donors (Lipinski definition) is 1. The Hall–Kier alpha value is -0.0400. The van der Waals surface area contributed by atoms with Gasteiger partial charge in [0.25, 0.3) is 0 Å². The second-order valence-corrected chi connectivity index (χ2v) is 8.88. The Labute approximate surface area is 197 Å². The van der Waals surface area contributed by atoms with Gasteiger partial charge in [-0.1, -0.05) is 161 Å². The Morgan fingerprint density at radius 3 is 0.967 bits per heavy atom. The van der Waals surface area contributed by atoms with Crippen LogP contribution < -0.4 is 5.73 Å². The van der Waals surface area contributed by atoms with E-state index in [4.69, 9.17) is 0 Å². The summed E-state index contributed by atoms with van der Waals surface area (Å²) < 4.78 is 0. The summed E-state index contributed by atoms with van der Waals surface area (Å²) >= 11 is 0. The van der Waals surface area contributed by atoms with Crippen LogP contribution in [-0.4, -0.2) is 7.05 Å². The van der Waals surface area contributed by atoms with Crippen molar-refractivity contribution < 1.29 is 0 Å². The summed E-state index contributed by atoms with van der Waals surface area (Å²) in [6.45, 7) is 30.8. The molecule has 0 aromatic carbocycles. The van der Waals surface area contributed by atoms with Crippen molar-refractivity contribution in [1.82, 2.24) is 0 Å². The summed E-state index contributed by atoms with van der Waals surface area (Å²) in [5, 5.41) is 0. The molecule has 0 saturated heterocycles. The second-order valence-electron chi connectivity index (χ2n) is 8.88. The Balaban J connectivity index is -0.0000000646. The monoisotopic (exact) mass is 434 g/mol. The van der Waals surface area contributed by atoms with E-state index in [-0.39, 0.29) is 0 Å². The minimum Gasteiger partial charge on any atom is -0.333 e. The van der Waals surface area contributed by atoms with Crippen molar-refractivity contribution in [1.29, 1.82) is 0 Å². The maximum Gasteiger partial charge on any atom is -0.0195 e. The molecule has 1 heteroatoms. The molecule has 30 heavy (non-hydrogen) atoms. The minimum atomic E-state index is 0.892. The minimum absolute atomic E-state index is 0.892. The molecule has 0 aromatic heterocycles. The average Bonchev–Trinajstić information content (AvgIpc) is 2.75. The molecule has 0 aliphatic heterocycles. The lowest BCUT2D eigenvalue weighted by Gasteiger charge is -2.05. The smallest absolute Gasteiger partial charge is 0.0195 e. The lowest BCUT2D eigenvalue weighted by atomic mass is 10.0. The summed E-state index contributed by atoms with van der Waals surface area (Å²) in [6.07, 6.45) is 13.9. The van der Waals surface area contributed by atoms with Gasteiger partial charge in [-0.3, -0.25) is 0 Å². The van der Waals surface area contributed by atoms with Crippen molar-refractivity contribution in [3.8, 4) is 0 Å². The van der Waals surface area contributed by atoms with Gasteiger partial charge in [0, 0.05) is 0 Å². The molecule has 0 amide bonds. The molecule has 0 radical (unpaired) electrons. The topological polar surface area (TPSA) is 26.0 Å². The average molecular weight is 434 g/mol. The lowest BCUT2D eigenvalue weighted by Crippen LogP contribution is -1.90. The molecule has 0 aliphatic rings. The molecule has 2 N–H and O–H groups in total. The predicted molar refractivity (Wildman–Crippen MR) is 150 cm³/mol. The van der Waals surface area contributed by atoms with E-state index in [1.807, 2.05) is 27.7 Å². The van der Waals surface area contributed by atoms with Crippen molar-refractivity contribution in [2.75, 3.05) is 7.05 Å². The van der Waals surface area contributed by atoms with Gasteiger partial charge >= 0.3 is 0 Å². The van der Waals surface area contributed by atoms with E-state index in [0.29, 0.717) is 0 Å². The molecule has 0 aromatic rings. The van der Waals surface area contributed by atoms with Gasteiger partial charge in [0.05, 0.1) is 0 Å². The van der Waals surface area contributed by atoms with Crippen LogP contribution in [0.3, 0.4) is 0 Å². The number of unbranched alkanes of at least 4 members (excludes halogenated alkanes) is 3. The van der Waals surface area contributed by atoms with Crippen molar-refractivity contribution in [2.24, 2.45) is 29.4 Å². The van der Waals surface area contributed by atoms with E-state index in [0.717, 1.165) is 23.7 Å². The fourth-order valence-corrected chi connectivity index (χ4v) is 2.20. The third-order valence-electron chi connectivity index (χ3n) is 4.59. The largest absolute Gasteiger partial charge is 0.333 e. The summed E-state index contributed by atoms with van der Waals surface area (Å²) in [6, 6.07) is 0. The quantitative estimate of drug-likeness (QED) is 0.322. The highest BCUT2D eigenvalue weighted by Gasteiger charge is 1.96. The van der Waals surface area contributed by atoms with Crippen LogP contribution in [0.15, 0.2) is 0 Å². The first kappa shape index (κ1) is 43.8. The van der Waals surface area contributed by atoms with Gasteiger partial charge < -0.3 is 5.73 Å². The Bertz CT molecular complexity index is 185. The Morgan fingerprint density at radius 2 is 0.767 bits per heavy atom. The molecule has 0 bridgehead atoms. The predicted octanol–water partition coefficient (Wildman–Crippen LogP) is 11.2. The highest BCUT2D eigenvalue weighted by Crippen LogP contribution is 2.11. The first-order valence-corrected chi connectivity index (χ1v) is 13.8. The third-order valence-corrected chi connectivity index (χ3v) is 4.59. The first-order chi connectivity index (χ1) is 14.2. The van der Waals surface area contributed by atoms with Crippen LogP contribution in [0.25, 0.3) is 0 Å². The third kappa shape index (κ3) is 79.8. The highest BCUT2D eigenvalue weighted by atomic mass is 14.4. The molecule has 0 fully saturated rings. The van der Waals surface area contributed by atoms with Gasteiger partial charge in [-0.15, -0.1) is 0 Å². The fraction of sp³-hybridized carbons (Fsp3) is 1.00. The number of hydrogen-bond acceptors (Lipinski definition) is 1. The lowest BCUT2D eigenvalue weighted by molar-refractivity contribution is 0.480. The summed E-state index contributed by atoms with van der Waals surface area (Å²) in [5.41, 5.74) is 4.50. The molecule has 192 valence electrons. The Kier molecular flexibility index (Phi) is 68.5. The molecule has 0 atom stereocenters. The fourth-order valence-electron chi connectivity index (χ4n) is 2.20. The SMILES string of the molecule is CC.CC.CC(C)CCCC(C)C.CCC(C)CC.CCCCCCC(C)C.CN. The zero-order chi connectivity index (χ0) is 25.4. The molecule has 0 spiro atoms. The Morgan fingerprint density at radius 1 is 0.467 bits per heavy atom. The van der Waals surface area contributed by atoms with Crippen LogP contribution in [0.5, 0.6) is 0 Å².